The minimum atomic E-state index is -1.08. The molecule has 0 bridgehead atoms. The standard InChI is InChI=1S/C32H38Cl2F2N2O2/c1-19-11-13-21(40-19)8-7-15-38-26(18-39)28(22-9-6-10-24(34)29(22)36)32(37-5,23-14-12-20(33)16-25(23)35)31(38)17-27(31)30(2,3)4/h6,9-14,16,26-28,37,39H,7-8,15,17-18H2,1-5H3/t26-,27-,28-,31?,32-/m0/s1. The van der Waals surface area contributed by atoms with E-state index in [1.807, 2.05) is 26.1 Å². The van der Waals surface area contributed by atoms with E-state index in [1.54, 1.807) is 24.3 Å². The third kappa shape index (κ3) is 4.51. The summed E-state index contributed by atoms with van der Waals surface area (Å²) in [5.74, 6) is 0.246. The Morgan fingerprint density at radius 2 is 1.88 bits per heavy atom. The monoisotopic (exact) mass is 590 g/mol. The first-order chi connectivity index (χ1) is 18.9. The Morgan fingerprint density at radius 3 is 2.45 bits per heavy atom. The molecular formula is C32H38Cl2F2N2O2. The fourth-order valence-corrected chi connectivity index (χ4v) is 8.16. The number of likely N-dealkylation sites (tertiary alicyclic amines) is 1. The minimum absolute atomic E-state index is 0.000344. The molecule has 5 atom stereocenters. The molecule has 1 saturated heterocycles. The maximum absolute atomic E-state index is 16.1. The highest BCUT2D eigenvalue weighted by Gasteiger charge is 2.80. The number of furan rings is 1. The molecule has 1 aliphatic heterocycles. The van der Waals surface area contributed by atoms with Crippen LogP contribution in [0.15, 0.2) is 52.9 Å². The van der Waals surface area contributed by atoms with Crippen LogP contribution < -0.4 is 5.32 Å². The number of hydrogen-bond acceptors (Lipinski definition) is 4. The van der Waals surface area contributed by atoms with E-state index in [-0.39, 0.29) is 28.0 Å². The molecule has 2 aliphatic rings. The smallest absolute Gasteiger partial charge is 0.145 e. The maximum Gasteiger partial charge on any atom is 0.145 e. The van der Waals surface area contributed by atoms with Gasteiger partial charge in [-0.15, -0.1) is 0 Å². The molecule has 216 valence electrons. The van der Waals surface area contributed by atoms with Gasteiger partial charge in [-0.3, -0.25) is 4.90 Å². The van der Waals surface area contributed by atoms with Crippen molar-refractivity contribution in [1.82, 2.24) is 10.2 Å². The quantitative estimate of drug-likeness (QED) is 0.285. The molecule has 8 heteroatoms. The second kappa shape index (κ2) is 10.7. The molecule has 1 aliphatic carbocycles. The molecule has 2 N–H and O–H groups in total. The van der Waals surface area contributed by atoms with Gasteiger partial charge in [0.15, 0.2) is 0 Å². The molecule has 1 unspecified atom stereocenters. The van der Waals surface area contributed by atoms with Crippen molar-refractivity contribution < 1.29 is 18.3 Å². The van der Waals surface area contributed by atoms with Gasteiger partial charge in [0.05, 0.1) is 17.2 Å². The summed E-state index contributed by atoms with van der Waals surface area (Å²) in [6.07, 6.45) is 2.24. The van der Waals surface area contributed by atoms with Gasteiger partial charge in [-0.05, 0) is 80.6 Å². The van der Waals surface area contributed by atoms with Gasteiger partial charge < -0.3 is 14.8 Å². The highest BCUT2D eigenvalue weighted by atomic mass is 35.5. The van der Waals surface area contributed by atoms with Crippen molar-refractivity contribution in [3.05, 3.63) is 92.9 Å². The zero-order chi connectivity index (χ0) is 29.0. The lowest BCUT2D eigenvalue weighted by Gasteiger charge is -2.45. The Bertz CT molecular complexity index is 1390. The van der Waals surface area contributed by atoms with Crippen LogP contribution in [0.2, 0.25) is 10.0 Å². The number of benzene rings is 2. The Hall–Kier alpha value is -1.96. The second-order valence-corrected chi connectivity index (χ2v) is 13.3. The summed E-state index contributed by atoms with van der Waals surface area (Å²) in [7, 11) is 1.81. The van der Waals surface area contributed by atoms with Crippen LogP contribution in [-0.4, -0.2) is 41.8 Å². The molecule has 1 saturated carbocycles. The van der Waals surface area contributed by atoms with E-state index < -0.39 is 34.7 Å². The van der Waals surface area contributed by atoms with Crippen molar-refractivity contribution in [2.45, 2.75) is 70.0 Å². The van der Waals surface area contributed by atoms with Crippen LogP contribution in [-0.2, 0) is 12.0 Å². The van der Waals surface area contributed by atoms with Gasteiger partial charge in [-0.25, -0.2) is 8.78 Å². The Labute approximate surface area is 245 Å². The zero-order valence-electron chi connectivity index (χ0n) is 23.7. The fourth-order valence-electron chi connectivity index (χ4n) is 7.82. The number of halogens is 4. The fraction of sp³-hybridized carbons (Fsp3) is 0.500. The summed E-state index contributed by atoms with van der Waals surface area (Å²) in [5, 5.41) is 14.9. The van der Waals surface area contributed by atoms with Crippen LogP contribution in [0.5, 0.6) is 0 Å². The number of aryl methyl sites for hydroxylation is 2. The van der Waals surface area contributed by atoms with Crippen molar-refractivity contribution in [2.75, 3.05) is 20.2 Å². The maximum atomic E-state index is 16.1. The van der Waals surface area contributed by atoms with Crippen LogP contribution >= 0.6 is 23.2 Å². The summed E-state index contributed by atoms with van der Waals surface area (Å²) >= 11 is 12.5. The highest BCUT2D eigenvalue weighted by molar-refractivity contribution is 6.31. The average molecular weight is 592 g/mol. The van der Waals surface area contributed by atoms with Gasteiger partial charge in [0.25, 0.3) is 0 Å². The average Bonchev–Trinajstić information content (AvgIpc) is 3.47. The predicted molar refractivity (Wildman–Crippen MR) is 156 cm³/mol. The molecule has 2 heterocycles. The van der Waals surface area contributed by atoms with E-state index >= 15 is 8.78 Å². The van der Waals surface area contributed by atoms with Gasteiger partial charge in [0.2, 0.25) is 0 Å². The molecule has 40 heavy (non-hydrogen) atoms. The van der Waals surface area contributed by atoms with Crippen molar-refractivity contribution >= 4 is 23.2 Å². The lowest BCUT2D eigenvalue weighted by atomic mass is 9.67. The van der Waals surface area contributed by atoms with Crippen LogP contribution in [0.25, 0.3) is 0 Å². The molecule has 5 rings (SSSR count). The van der Waals surface area contributed by atoms with Crippen molar-refractivity contribution in [2.24, 2.45) is 11.3 Å². The lowest BCUT2D eigenvalue weighted by molar-refractivity contribution is 0.0749. The number of aliphatic hydroxyl groups excluding tert-OH is 1. The van der Waals surface area contributed by atoms with E-state index in [4.69, 9.17) is 27.6 Å². The first-order valence-corrected chi connectivity index (χ1v) is 14.7. The number of rotatable bonds is 8. The summed E-state index contributed by atoms with van der Waals surface area (Å²) < 4.78 is 37.9. The van der Waals surface area contributed by atoms with Crippen LogP contribution in [0, 0.1) is 29.9 Å². The first-order valence-electron chi connectivity index (χ1n) is 13.9. The number of hydrogen-bond donors (Lipinski definition) is 2. The third-order valence-corrected chi connectivity index (χ3v) is 9.82. The summed E-state index contributed by atoms with van der Waals surface area (Å²) in [6.45, 7) is 8.88. The van der Waals surface area contributed by atoms with Gasteiger partial charge in [0, 0.05) is 34.5 Å². The van der Waals surface area contributed by atoms with Crippen molar-refractivity contribution in [3.63, 3.8) is 0 Å². The zero-order valence-corrected chi connectivity index (χ0v) is 25.2. The Morgan fingerprint density at radius 1 is 1.12 bits per heavy atom. The lowest BCUT2D eigenvalue weighted by Crippen LogP contribution is -2.58. The van der Waals surface area contributed by atoms with Gasteiger partial charge >= 0.3 is 0 Å². The topological polar surface area (TPSA) is 48.6 Å². The van der Waals surface area contributed by atoms with Crippen LogP contribution in [0.3, 0.4) is 0 Å². The van der Waals surface area contributed by atoms with Gasteiger partial charge in [-0.2, -0.15) is 0 Å². The molecule has 4 nitrogen and oxygen atoms in total. The molecule has 0 radical (unpaired) electrons. The minimum Gasteiger partial charge on any atom is -0.466 e. The first kappa shape index (κ1) is 29.5. The summed E-state index contributed by atoms with van der Waals surface area (Å²) in [5.41, 5.74) is -1.06. The predicted octanol–water partition coefficient (Wildman–Crippen LogP) is 7.49. The number of nitrogens with zero attached hydrogens (tertiary/aromatic N) is 1. The van der Waals surface area contributed by atoms with Crippen molar-refractivity contribution in [1.29, 1.82) is 0 Å². The SMILES string of the molecule is CN[C@@]1(c2ccc(Cl)cc2F)[C@@H](c2cccc(Cl)c2F)[C@H](CO)N(CCCc2ccc(C)o2)C12C[C@H]2C(C)(C)C. The summed E-state index contributed by atoms with van der Waals surface area (Å²) in [4.78, 5) is 2.33. The Kier molecular flexibility index (Phi) is 7.90. The molecule has 0 amide bonds. The molecule has 2 fully saturated rings. The van der Waals surface area contributed by atoms with E-state index in [9.17, 15) is 5.11 Å². The van der Waals surface area contributed by atoms with E-state index in [0.29, 0.717) is 17.7 Å². The Balaban J connectivity index is 1.73. The number of likely N-dealkylation sites (N-methyl/N-ethyl adjacent to an activating group) is 1. The third-order valence-electron chi connectivity index (χ3n) is 9.30. The normalized spacial score (nSPS) is 28.5. The van der Waals surface area contributed by atoms with Gasteiger partial charge in [0.1, 0.15) is 23.2 Å². The second-order valence-electron chi connectivity index (χ2n) is 12.4. The van der Waals surface area contributed by atoms with Crippen molar-refractivity contribution in [3.8, 4) is 0 Å². The molecular weight excluding hydrogens is 553 g/mol. The number of aliphatic hydroxyl groups is 1. The summed E-state index contributed by atoms with van der Waals surface area (Å²) in [6, 6.07) is 13.1. The number of nitrogens with one attached hydrogen (secondary N) is 1. The molecule has 1 spiro atoms. The molecule has 3 aromatic rings. The van der Waals surface area contributed by atoms with Crippen LogP contribution in [0.4, 0.5) is 8.78 Å². The van der Waals surface area contributed by atoms with E-state index in [1.165, 1.54) is 12.1 Å². The van der Waals surface area contributed by atoms with E-state index in [0.717, 1.165) is 30.8 Å². The van der Waals surface area contributed by atoms with Gasteiger partial charge in [-0.1, -0.05) is 62.2 Å². The van der Waals surface area contributed by atoms with E-state index in [2.05, 4.69) is 31.0 Å². The molecule has 2 aromatic carbocycles. The van der Waals surface area contributed by atoms with Crippen LogP contribution in [0.1, 0.15) is 62.2 Å². The highest BCUT2D eigenvalue weighted by Crippen LogP contribution is 2.73. The largest absolute Gasteiger partial charge is 0.466 e. The molecule has 1 aromatic heterocycles.